The Kier molecular flexibility index (Phi) is 56.2. The topological polar surface area (TPSA) is 69.6 Å². The summed E-state index contributed by atoms with van der Waals surface area (Å²) in [6.45, 7) is 4.28. The number of rotatable bonds is 55. The van der Waals surface area contributed by atoms with E-state index < -0.39 is 12.1 Å². The van der Waals surface area contributed by atoms with Gasteiger partial charge in [0.05, 0.1) is 18.8 Å². The minimum atomic E-state index is -0.661. The Hall–Kier alpha value is -1.65. The summed E-state index contributed by atoms with van der Waals surface area (Å²) in [5.74, 6) is -0.0272. The van der Waals surface area contributed by atoms with E-state index in [1.165, 1.54) is 244 Å². The molecule has 0 aliphatic heterocycles. The van der Waals surface area contributed by atoms with E-state index >= 15 is 0 Å². The molecule has 0 aliphatic carbocycles. The number of hydrogen-bond donors (Lipinski definition) is 3. The molecule has 0 rings (SSSR count). The zero-order valence-corrected chi connectivity index (χ0v) is 44.7. The lowest BCUT2D eigenvalue weighted by Gasteiger charge is -2.22. The SMILES string of the molecule is CC/C=C\C/C=C\C/C=C\C/C=C\CCCCCCCCCCCCCCCCCCC(=O)NC(CO)C(O)CCCCCCCCCCCCCCCCCCCCCCCCCCC. The van der Waals surface area contributed by atoms with Gasteiger partial charge in [0.2, 0.25) is 5.91 Å². The van der Waals surface area contributed by atoms with Crippen LogP contribution in [-0.4, -0.2) is 34.9 Å². The molecule has 3 N–H and O–H groups in total. The number of carbonyl (C=O) groups is 1. The molecule has 2 atom stereocenters. The Morgan fingerprint density at radius 2 is 0.667 bits per heavy atom. The summed E-state index contributed by atoms with van der Waals surface area (Å²) in [5.41, 5.74) is 0. The Balaban J connectivity index is 3.43. The van der Waals surface area contributed by atoms with Crippen molar-refractivity contribution in [3.05, 3.63) is 48.6 Å². The van der Waals surface area contributed by atoms with Crippen molar-refractivity contribution < 1.29 is 15.0 Å². The maximum atomic E-state index is 12.5. The summed E-state index contributed by atoms with van der Waals surface area (Å²) in [5, 5.41) is 23.4. The van der Waals surface area contributed by atoms with Crippen molar-refractivity contribution in [3.63, 3.8) is 0 Å². The molecular weight excluding hydrogens is 807 g/mol. The van der Waals surface area contributed by atoms with Gasteiger partial charge < -0.3 is 15.5 Å². The van der Waals surface area contributed by atoms with E-state index in [9.17, 15) is 15.0 Å². The van der Waals surface area contributed by atoms with E-state index in [1.54, 1.807) is 0 Å². The van der Waals surface area contributed by atoms with Crippen LogP contribution in [0.5, 0.6) is 0 Å². The van der Waals surface area contributed by atoms with Crippen molar-refractivity contribution >= 4 is 5.91 Å². The van der Waals surface area contributed by atoms with Gasteiger partial charge in [-0.05, 0) is 51.4 Å². The van der Waals surface area contributed by atoms with Crippen LogP contribution < -0.4 is 5.32 Å². The highest BCUT2D eigenvalue weighted by molar-refractivity contribution is 5.76. The Labute approximate surface area is 414 Å². The van der Waals surface area contributed by atoms with Crippen molar-refractivity contribution in [2.45, 2.75) is 334 Å². The lowest BCUT2D eigenvalue weighted by molar-refractivity contribution is -0.123. The van der Waals surface area contributed by atoms with Crippen LogP contribution in [0.15, 0.2) is 48.6 Å². The van der Waals surface area contributed by atoms with E-state index in [1.807, 2.05) is 0 Å². The fourth-order valence-electron chi connectivity index (χ4n) is 9.36. The Morgan fingerprint density at radius 1 is 0.379 bits per heavy atom. The molecule has 0 saturated heterocycles. The van der Waals surface area contributed by atoms with Gasteiger partial charge in [-0.3, -0.25) is 4.79 Å². The van der Waals surface area contributed by atoms with Gasteiger partial charge in [0.15, 0.2) is 0 Å². The third-order valence-corrected chi connectivity index (χ3v) is 13.9. The number of nitrogens with one attached hydrogen (secondary N) is 1. The molecule has 1 amide bonds. The van der Waals surface area contributed by atoms with Gasteiger partial charge in [0.25, 0.3) is 0 Å². The highest BCUT2D eigenvalue weighted by Crippen LogP contribution is 2.18. The molecule has 0 radical (unpaired) electrons. The summed E-state index contributed by atoms with van der Waals surface area (Å²) < 4.78 is 0. The minimum Gasteiger partial charge on any atom is -0.394 e. The molecule has 0 saturated carbocycles. The summed E-state index contributed by atoms with van der Waals surface area (Å²) in [4.78, 5) is 12.5. The maximum Gasteiger partial charge on any atom is 0.220 e. The van der Waals surface area contributed by atoms with Gasteiger partial charge in [-0.2, -0.15) is 0 Å². The fourth-order valence-corrected chi connectivity index (χ4v) is 9.36. The van der Waals surface area contributed by atoms with Gasteiger partial charge in [-0.25, -0.2) is 0 Å². The largest absolute Gasteiger partial charge is 0.394 e. The Bertz CT molecular complexity index is 1050. The first-order chi connectivity index (χ1) is 32.7. The molecule has 0 aliphatic rings. The van der Waals surface area contributed by atoms with Crippen LogP contribution in [0.3, 0.4) is 0 Å². The van der Waals surface area contributed by atoms with Gasteiger partial charge in [-0.1, -0.05) is 313 Å². The molecule has 2 unspecified atom stereocenters. The van der Waals surface area contributed by atoms with Gasteiger partial charge in [0, 0.05) is 6.42 Å². The van der Waals surface area contributed by atoms with Crippen LogP contribution in [0, 0.1) is 0 Å². The first-order valence-electron chi connectivity index (χ1n) is 29.8. The Morgan fingerprint density at radius 3 is 1.00 bits per heavy atom. The fraction of sp³-hybridized carbons (Fsp3) is 0.855. The predicted molar refractivity (Wildman–Crippen MR) is 295 cm³/mol. The summed E-state index contributed by atoms with van der Waals surface area (Å²) in [7, 11) is 0. The van der Waals surface area contributed by atoms with Gasteiger partial charge in [-0.15, -0.1) is 0 Å². The zero-order chi connectivity index (χ0) is 47.7. The van der Waals surface area contributed by atoms with Crippen molar-refractivity contribution in [1.82, 2.24) is 5.32 Å². The van der Waals surface area contributed by atoms with Gasteiger partial charge >= 0.3 is 0 Å². The van der Waals surface area contributed by atoms with Crippen LogP contribution in [0.1, 0.15) is 322 Å². The minimum absolute atomic E-state index is 0.0272. The highest BCUT2D eigenvalue weighted by Gasteiger charge is 2.20. The number of allylic oxidation sites excluding steroid dienone is 8. The smallest absolute Gasteiger partial charge is 0.220 e. The van der Waals surface area contributed by atoms with Crippen molar-refractivity contribution in [2.75, 3.05) is 6.61 Å². The first kappa shape index (κ1) is 64.3. The second-order valence-electron chi connectivity index (χ2n) is 20.4. The average molecular weight is 925 g/mol. The molecule has 0 bridgehead atoms. The molecule has 0 heterocycles. The van der Waals surface area contributed by atoms with E-state index in [2.05, 4.69) is 67.8 Å². The molecule has 388 valence electrons. The second-order valence-corrected chi connectivity index (χ2v) is 20.4. The normalized spacial score (nSPS) is 13.1. The van der Waals surface area contributed by atoms with E-state index in [0.717, 1.165) is 51.4 Å². The number of amides is 1. The maximum absolute atomic E-state index is 12.5. The monoisotopic (exact) mass is 924 g/mol. The van der Waals surface area contributed by atoms with E-state index in [0.29, 0.717) is 12.8 Å². The number of hydrogen-bond acceptors (Lipinski definition) is 3. The number of aliphatic hydroxyl groups excluding tert-OH is 2. The van der Waals surface area contributed by atoms with Gasteiger partial charge in [0.1, 0.15) is 0 Å². The summed E-state index contributed by atoms with van der Waals surface area (Å²) in [6.07, 6.45) is 79.7. The lowest BCUT2D eigenvalue weighted by Crippen LogP contribution is -2.45. The molecule has 4 heteroatoms. The summed E-state index contributed by atoms with van der Waals surface area (Å²) in [6, 6.07) is -0.538. The predicted octanol–water partition coefficient (Wildman–Crippen LogP) is 19.8. The number of aliphatic hydroxyl groups is 2. The highest BCUT2D eigenvalue weighted by atomic mass is 16.3. The van der Waals surface area contributed by atoms with Crippen LogP contribution in [0.4, 0.5) is 0 Å². The lowest BCUT2D eigenvalue weighted by atomic mass is 10.0. The van der Waals surface area contributed by atoms with Crippen molar-refractivity contribution in [2.24, 2.45) is 0 Å². The number of unbranched alkanes of at least 4 members (excludes halogenated alkanes) is 40. The molecule has 0 spiro atoms. The third kappa shape index (κ3) is 53.3. The average Bonchev–Trinajstić information content (AvgIpc) is 3.32. The molecule has 0 fully saturated rings. The standard InChI is InChI=1S/C62H117NO3/c1-3-5-7-9-11-13-15-17-19-21-23-25-27-29-30-31-32-34-36-38-40-42-44-46-48-50-52-54-56-58-62(66)63-60(59-64)61(65)57-55-53-51-49-47-45-43-41-39-37-35-33-28-26-24-22-20-18-16-14-12-10-8-6-4-2/h5,7,11,13,17,19,23,25,60-61,64-65H,3-4,6,8-10,12,14-16,18,20-22,24,26-59H2,1-2H3,(H,63,66)/b7-5-,13-11-,19-17-,25-23-. The molecule has 0 aromatic heterocycles. The molecule has 66 heavy (non-hydrogen) atoms. The summed E-state index contributed by atoms with van der Waals surface area (Å²) >= 11 is 0. The molecular formula is C62H117NO3. The zero-order valence-electron chi connectivity index (χ0n) is 44.7. The van der Waals surface area contributed by atoms with Crippen LogP contribution in [-0.2, 0) is 4.79 Å². The molecule has 0 aromatic rings. The third-order valence-electron chi connectivity index (χ3n) is 13.9. The van der Waals surface area contributed by atoms with E-state index in [-0.39, 0.29) is 12.5 Å². The number of carbonyl (C=O) groups excluding carboxylic acids is 1. The van der Waals surface area contributed by atoms with Crippen molar-refractivity contribution in [3.8, 4) is 0 Å². The second kappa shape index (κ2) is 57.7. The first-order valence-corrected chi connectivity index (χ1v) is 29.8. The van der Waals surface area contributed by atoms with E-state index in [4.69, 9.17) is 0 Å². The van der Waals surface area contributed by atoms with Crippen LogP contribution >= 0.6 is 0 Å². The van der Waals surface area contributed by atoms with Crippen LogP contribution in [0.25, 0.3) is 0 Å². The molecule has 0 aromatic carbocycles. The van der Waals surface area contributed by atoms with Crippen LogP contribution in [0.2, 0.25) is 0 Å². The van der Waals surface area contributed by atoms with Crippen molar-refractivity contribution in [1.29, 1.82) is 0 Å². The molecule has 4 nitrogen and oxygen atoms in total. The quantitative estimate of drug-likeness (QED) is 0.0420.